The Hall–Kier alpha value is -3.01. The average molecular weight is 608 g/mol. The highest BCUT2D eigenvalue weighted by atomic mass is 19.4. The van der Waals surface area contributed by atoms with Crippen LogP contribution in [-0.4, -0.2) is 29.2 Å². The largest absolute Gasteiger partial charge is 0.478 e. The zero-order chi connectivity index (χ0) is 30.8. The third-order valence-corrected chi connectivity index (χ3v) is 9.66. The number of amides is 1. The molecule has 0 bridgehead atoms. The predicted octanol–water partition coefficient (Wildman–Crippen LogP) is 8.02. The normalized spacial score (nSPS) is 27.0. The maximum Gasteiger partial charge on any atom is 0.416 e. The highest BCUT2D eigenvalue weighted by molar-refractivity contribution is 5.88. The molecule has 234 valence electrons. The number of benzene rings is 2. The molecule has 0 radical (unpaired) electrons. The molecule has 1 heterocycles. The molecule has 3 fully saturated rings. The number of carbonyl (C=O) groups is 2. The van der Waals surface area contributed by atoms with E-state index in [9.17, 15) is 36.6 Å². The number of nitrogens with one attached hydrogen (secondary N) is 1. The Morgan fingerprint density at radius 1 is 0.907 bits per heavy atom. The second-order valence-corrected chi connectivity index (χ2v) is 12.5. The highest BCUT2D eigenvalue weighted by Gasteiger charge is 2.54. The van der Waals surface area contributed by atoms with Crippen molar-refractivity contribution in [2.75, 3.05) is 6.61 Å². The number of carboxylic acids is 1. The minimum Gasteiger partial charge on any atom is -0.478 e. The first-order valence-electron chi connectivity index (χ1n) is 15.3. The van der Waals surface area contributed by atoms with Gasteiger partial charge in [-0.2, -0.15) is 13.2 Å². The van der Waals surface area contributed by atoms with Crippen LogP contribution in [0.3, 0.4) is 0 Å². The molecule has 10 heteroatoms. The van der Waals surface area contributed by atoms with Gasteiger partial charge in [-0.05, 0) is 104 Å². The van der Waals surface area contributed by atoms with Crippen molar-refractivity contribution in [3.63, 3.8) is 0 Å². The monoisotopic (exact) mass is 607 g/mol. The summed E-state index contributed by atoms with van der Waals surface area (Å²) in [6.45, 7) is 0.225. The number of halogens is 5. The molecule has 3 aliphatic rings. The molecule has 1 aliphatic heterocycles. The van der Waals surface area contributed by atoms with E-state index in [0.29, 0.717) is 30.9 Å². The first-order chi connectivity index (χ1) is 20.5. The van der Waals surface area contributed by atoms with Crippen LogP contribution < -0.4 is 5.32 Å². The molecule has 43 heavy (non-hydrogen) atoms. The molecule has 2 N–H and O–H groups in total. The van der Waals surface area contributed by atoms with E-state index in [1.807, 2.05) is 0 Å². The third kappa shape index (κ3) is 7.39. The van der Waals surface area contributed by atoms with Gasteiger partial charge in [0.25, 0.3) is 5.91 Å². The lowest BCUT2D eigenvalue weighted by Crippen LogP contribution is -2.54. The van der Waals surface area contributed by atoms with Crippen molar-refractivity contribution in [1.29, 1.82) is 0 Å². The lowest BCUT2D eigenvalue weighted by atomic mass is 9.76. The molecule has 0 spiro atoms. The minimum atomic E-state index is -4.68. The number of carboxylic acid groups (broad SMARTS) is 1. The number of aromatic carboxylic acids is 1. The number of rotatable bonds is 7. The summed E-state index contributed by atoms with van der Waals surface area (Å²) in [5.74, 6) is -2.37. The Morgan fingerprint density at radius 3 is 2.30 bits per heavy atom. The van der Waals surface area contributed by atoms with E-state index >= 15 is 0 Å². The summed E-state index contributed by atoms with van der Waals surface area (Å²) >= 11 is 0. The van der Waals surface area contributed by atoms with Gasteiger partial charge in [0.2, 0.25) is 0 Å². The first-order valence-corrected chi connectivity index (χ1v) is 15.3. The summed E-state index contributed by atoms with van der Waals surface area (Å²) < 4.78 is 73.5. The number of hydrogen-bond donors (Lipinski definition) is 2. The fourth-order valence-corrected chi connectivity index (χ4v) is 7.14. The van der Waals surface area contributed by atoms with E-state index in [1.54, 1.807) is 6.07 Å². The molecule has 2 aromatic rings. The standard InChI is InChI=1S/C33H38F5NO4/c34-27-15-20(14-26(17-27)33(36,37)38)18-39-31(42)32(25-9-10-25)13-12-24(19-43-32)22-5-2-1-4-21(6-3-7-22)23-8-11-29(35)28(16-23)30(40)41/h8,11,14-17,21-22,24-25H,1-7,9-10,12-13,18-19H2,(H,39,42)(H,40,41)/t21?,22?,24-,32+/m1/s1. The smallest absolute Gasteiger partial charge is 0.416 e. The lowest BCUT2D eigenvalue weighted by Gasteiger charge is -2.42. The Morgan fingerprint density at radius 2 is 1.63 bits per heavy atom. The first kappa shape index (κ1) is 31.4. The second kappa shape index (κ2) is 12.9. The van der Waals surface area contributed by atoms with E-state index in [-0.39, 0.29) is 35.4 Å². The van der Waals surface area contributed by atoms with Gasteiger partial charge in [-0.3, -0.25) is 4.79 Å². The van der Waals surface area contributed by atoms with Gasteiger partial charge in [0.1, 0.15) is 17.2 Å². The van der Waals surface area contributed by atoms with Crippen LogP contribution in [-0.2, 0) is 22.3 Å². The number of ether oxygens (including phenoxy) is 1. The number of carbonyl (C=O) groups excluding carboxylic acids is 1. The van der Waals surface area contributed by atoms with Gasteiger partial charge >= 0.3 is 12.1 Å². The van der Waals surface area contributed by atoms with Crippen molar-refractivity contribution in [3.05, 3.63) is 70.3 Å². The summed E-state index contributed by atoms with van der Waals surface area (Å²) in [6.07, 6.45) is 5.17. The van der Waals surface area contributed by atoms with Gasteiger partial charge in [-0.1, -0.05) is 38.2 Å². The van der Waals surface area contributed by atoms with E-state index < -0.39 is 34.9 Å². The van der Waals surface area contributed by atoms with Crippen LogP contribution in [0.5, 0.6) is 0 Å². The van der Waals surface area contributed by atoms with Crippen molar-refractivity contribution in [2.24, 2.45) is 17.8 Å². The van der Waals surface area contributed by atoms with Gasteiger partial charge in [0.05, 0.1) is 17.7 Å². The van der Waals surface area contributed by atoms with Crippen LogP contribution >= 0.6 is 0 Å². The summed E-state index contributed by atoms with van der Waals surface area (Å²) in [7, 11) is 0. The fraction of sp³-hybridized carbons (Fsp3) is 0.576. The van der Waals surface area contributed by atoms with Crippen LogP contribution in [0, 0.1) is 29.4 Å². The topological polar surface area (TPSA) is 75.6 Å². The Labute approximate surface area is 248 Å². The van der Waals surface area contributed by atoms with Gasteiger partial charge in [-0.25, -0.2) is 13.6 Å². The molecule has 0 aromatic heterocycles. The SMILES string of the molecule is O=C(O)c1cc(C2CCCCC([C@@H]3CC[C@@](C(=O)NCc4cc(F)cc(C(F)(F)F)c4)(C4CC4)OC3)CCC2)ccc1F. The minimum absolute atomic E-state index is 0.0454. The van der Waals surface area contributed by atoms with Gasteiger partial charge < -0.3 is 15.2 Å². The van der Waals surface area contributed by atoms with Crippen LogP contribution in [0.25, 0.3) is 0 Å². The van der Waals surface area contributed by atoms with Crippen LogP contribution in [0.4, 0.5) is 22.0 Å². The molecule has 1 amide bonds. The quantitative estimate of drug-likeness (QED) is 0.313. The Bertz CT molecular complexity index is 1320. The second-order valence-electron chi connectivity index (χ2n) is 12.5. The molecule has 1 saturated heterocycles. The highest BCUT2D eigenvalue weighted by Crippen LogP contribution is 2.49. The zero-order valence-corrected chi connectivity index (χ0v) is 24.0. The van der Waals surface area contributed by atoms with Crippen LogP contribution in [0.2, 0.25) is 0 Å². The Balaban J connectivity index is 1.18. The Kier molecular flexibility index (Phi) is 9.44. The molecule has 2 saturated carbocycles. The van der Waals surface area contributed by atoms with Crippen molar-refractivity contribution >= 4 is 11.9 Å². The maximum atomic E-state index is 13.9. The summed E-state index contributed by atoms with van der Waals surface area (Å²) in [4.78, 5) is 24.8. The van der Waals surface area contributed by atoms with Gasteiger partial charge in [0, 0.05) is 6.54 Å². The third-order valence-electron chi connectivity index (χ3n) is 9.66. The zero-order valence-electron chi connectivity index (χ0n) is 24.0. The molecule has 2 unspecified atom stereocenters. The maximum absolute atomic E-state index is 13.9. The molecular formula is C33H38F5NO4. The van der Waals surface area contributed by atoms with Gasteiger partial charge in [-0.15, -0.1) is 0 Å². The summed E-state index contributed by atoms with van der Waals surface area (Å²) in [5, 5.41) is 12.1. The van der Waals surface area contributed by atoms with Crippen LogP contribution in [0.15, 0.2) is 36.4 Å². The van der Waals surface area contributed by atoms with Crippen LogP contribution in [0.1, 0.15) is 104 Å². The van der Waals surface area contributed by atoms with Crippen molar-refractivity contribution in [2.45, 2.75) is 94.9 Å². The molecule has 2 aromatic carbocycles. The van der Waals surface area contributed by atoms with E-state index in [0.717, 1.165) is 81.9 Å². The predicted molar refractivity (Wildman–Crippen MR) is 149 cm³/mol. The van der Waals surface area contributed by atoms with E-state index in [1.165, 1.54) is 12.1 Å². The number of alkyl halides is 3. The summed E-state index contributed by atoms with van der Waals surface area (Å²) in [6, 6.07) is 6.71. The number of hydrogen-bond acceptors (Lipinski definition) is 3. The van der Waals surface area contributed by atoms with Crippen molar-refractivity contribution in [1.82, 2.24) is 5.32 Å². The molecule has 2 aliphatic carbocycles. The molecular weight excluding hydrogens is 569 g/mol. The summed E-state index contributed by atoms with van der Waals surface area (Å²) in [5.41, 5.74) is -1.48. The fourth-order valence-electron chi connectivity index (χ4n) is 7.14. The van der Waals surface area contributed by atoms with Gasteiger partial charge in [0.15, 0.2) is 0 Å². The van der Waals surface area contributed by atoms with E-state index in [4.69, 9.17) is 4.74 Å². The molecule has 5 nitrogen and oxygen atoms in total. The lowest BCUT2D eigenvalue weighted by molar-refractivity contribution is -0.166. The molecule has 5 rings (SSSR count). The average Bonchev–Trinajstić information content (AvgIpc) is 3.80. The van der Waals surface area contributed by atoms with Crippen molar-refractivity contribution in [3.8, 4) is 0 Å². The van der Waals surface area contributed by atoms with Crippen molar-refractivity contribution < 1.29 is 41.4 Å². The molecule has 4 atom stereocenters. The van der Waals surface area contributed by atoms with E-state index in [2.05, 4.69) is 5.32 Å².